The highest BCUT2D eigenvalue weighted by molar-refractivity contribution is 7.15. The third-order valence-corrected chi connectivity index (χ3v) is 3.66. The van der Waals surface area contributed by atoms with Gasteiger partial charge in [0.05, 0.1) is 7.11 Å². The number of methoxy groups -OCH3 is 1. The quantitative estimate of drug-likeness (QED) is 0.829. The average molecular weight is 317 g/mol. The molecule has 1 amide bonds. The zero-order chi connectivity index (χ0) is 15.9. The van der Waals surface area contributed by atoms with Crippen molar-refractivity contribution < 1.29 is 9.53 Å². The van der Waals surface area contributed by atoms with Gasteiger partial charge in [-0.05, 0) is 29.7 Å². The van der Waals surface area contributed by atoms with Crippen molar-refractivity contribution in [1.82, 2.24) is 10.2 Å². The van der Waals surface area contributed by atoms with E-state index in [4.69, 9.17) is 4.74 Å². The Morgan fingerprint density at radius 3 is 2.95 bits per heavy atom. The summed E-state index contributed by atoms with van der Waals surface area (Å²) in [6.45, 7) is 4.24. The molecule has 0 aliphatic heterocycles. The van der Waals surface area contributed by atoms with E-state index in [1.165, 1.54) is 17.4 Å². The number of nitrogens with zero attached hydrogens (tertiary/aromatic N) is 2. The van der Waals surface area contributed by atoms with Crippen LogP contribution in [0.2, 0.25) is 0 Å². The standard InChI is InChI=1S/C16H19N3O2S/c1-11(2)9-15-18-19-16(22-15)17-14(20)8-7-12-5-4-6-13(10-12)21-3/h4-8,10-11H,9H2,1-3H3,(H,17,19,20)/b8-7+. The molecule has 22 heavy (non-hydrogen) atoms. The third-order valence-electron chi connectivity index (χ3n) is 2.80. The topological polar surface area (TPSA) is 64.1 Å². The van der Waals surface area contributed by atoms with Gasteiger partial charge in [-0.2, -0.15) is 0 Å². The number of anilines is 1. The summed E-state index contributed by atoms with van der Waals surface area (Å²) in [6, 6.07) is 7.49. The highest BCUT2D eigenvalue weighted by Crippen LogP contribution is 2.18. The molecule has 0 aliphatic carbocycles. The maximum Gasteiger partial charge on any atom is 0.250 e. The number of nitrogens with one attached hydrogen (secondary N) is 1. The Labute approximate surface area is 134 Å². The number of rotatable bonds is 6. The molecule has 0 spiro atoms. The maximum absolute atomic E-state index is 11.9. The Kier molecular flexibility index (Phi) is 5.66. The number of hydrogen-bond donors (Lipinski definition) is 1. The largest absolute Gasteiger partial charge is 0.497 e. The molecule has 0 radical (unpaired) electrons. The molecule has 1 aromatic carbocycles. The lowest BCUT2D eigenvalue weighted by Gasteiger charge is -2.00. The molecule has 2 aromatic rings. The molecule has 0 saturated carbocycles. The summed E-state index contributed by atoms with van der Waals surface area (Å²) in [6.07, 6.45) is 4.07. The van der Waals surface area contributed by atoms with Gasteiger partial charge in [0.25, 0.3) is 0 Å². The van der Waals surface area contributed by atoms with Gasteiger partial charge in [0.1, 0.15) is 10.8 Å². The van der Waals surface area contributed by atoms with Crippen LogP contribution in [-0.4, -0.2) is 23.2 Å². The van der Waals surface area contributed by atoms with Gasteiger partial charge in [0.15, 0.2) is 0 Å². The van der Waals surface area contributed by atoms with E-state index in [0.29, 0.717) is 11.0 Å². The zero-order valence-electron chi connectivity index (χ0n) is 12.9. The predicted molar refractivity (Wildman–Crippen MR) is 89.1 cm³/mol. The monoisotopic (exact) mass is 317 g/mol. The fourth-order valence-corrected chi connectivity index (χ4v) is 2.75. The molecule has 0 aliphatic rings. The molecular weight excluding hydrogens is 298 g/mol. The molecule has 1 N–H and O–H groups in total. The average Bonchev–Trinajstić information content (AvgIpc) is 2.91. The Bertz CT molecular complexity index is 665. The minimum Gasteiger partial charge on any atom is -0.497 e. The summed E-state index contributed by atoms with van der Waals surface area (Å²) < 4.78 is 5.14. The van der Waals surface area contributed by atoms with Crippen molar-refractivity contribution in [3.63, 3.8) is 0 Å². The van der Waals surface area contributed by atoms with Crippen molar-refractivity contribution in [3.8, 4) is 5.75 Å². The molecule has 1 aromatic heterocycles. The minimum atomic E-state index is -0.227. The van der Waals surface area contributed by atoms with Gasteiger partial charge in [0.2, 0.25) is 11.0 Å². The molecule has 0 saturated heterocycles. The Morgan fingerprint density at radius 2 is 2.23 bits per heavy atom. The van der Waals surface area contributed by atoms with Gasteiger partial charge >= 0.3 is 0 Å². The number of carbonyl (C=O) groups excluding carboxylic acids is 1. The summed E-state index contributed by atoms with van der Waals surface area (Å²) in [5, 5.41) is 12.2. The summed E-state index contributed by atoms with van der Waals surface area (Å²) in [5.41, 5.74) is 0.896. The minimum absolute atomic E-state index is 0.227. The van der Waals surface area contributed by atoms with Crippen LogP contribution < -0.4 is 10.1 Å². The zero-order valence-corrected chi connectivity index (χ0v) is 13.7. The molecule has 1 heterocycles. The summed E-state index contributed by atoms with van der Waals surface area (Å²) in [4.78, 5) is 11.9. The summed E-state index contributed by atoms with van der Waals surface area (Å²) >= 11 is 1.41. The van der Waals surface area contributed by atoms with Crippen LogP contribution in [0.15, 0.2) is 30.3 Å². The Balaban J connectivity index is 1.94. The van der Waals surface area contributed by atoms with Crippen molar-refractivity contribution in [2.75, 3.05) is 12.4 Å². The van der Waals surface area contributed by atoms with Crippen molar-refractivity contribution in [2.24, 2.45) is 5.92 Å². The van der Waals surface area contributed by atoms with Gasteiger partial charge in [-0.1, -0.05) is 37.3 Å². The first-order valence-corrected chi connectivity index (χ1v) is 7.84. The van der Waals surface area contributed by atoms with Crippen LogP contribution in [0.25, 0.3) is 6.08 Å². The van der Waals surface area contributed by atoms with Crippen LogP contribution in [0, 0.1) is 5.92 Å². The SMILES string of the molecule is COc1cccc(/C=C/C(=O)Nc2nnc(CC(C)C)s2)c1. The van der Waals surface area contributed by atoms with Gasteiger partial charge in [-0.25, -0.2) is 0 Å². The van der Waals surface area contributed by atoms with Crippen molar-refractivity contribution in [1.29, 1.82) is 0 Å². The number of amides is 1. The van der Waals surface area contributed by atoms with Crippen molar-refractivity contribution >= 4 is 28.5 Å². The van der Waals surface area contributed by atoms with Crippen LogP contribution in [0.1, 0.15) is 24.4 Å². The molecular formula is C16H19N3O2S. The van der Waals surface area contributed by atoms with Crippen LogP contribution in [0.5, 0.6) is 5.75 Å². The van der Waals surface area contributed by atoms with E-state index >= 15 is 0 Å². The van der Waals surface area contributed by atoms with Crippen molar-refractivity contribution in [3.05, 3.63) is 40.9 Å². The van der Waals surface area contributed by atoms with Gasteiger partial charge in [-0.15, -0.1) is 10.2 Å². The van der Waals surface area contributed by atoms with E-state index in [9.17, 15) is 4.79 Å². The first kappa shape index (κ1) is 16.2. The van der Waals surface area contributed by atoms with E-state index in [1.807, 2.05) is 24.3 Å². The third kappa shape index (κ3) is 4.96. The summed E-state index contributed by atoms with van der Waals surface area (Å²) in [7, 11) is 1.61. The van der Waals surface area contributed by atoms with E-state index in [2.05, 4.69) is 29.4 Å². The predicted octanol–water partition coefficient (Wildman–Crippen LogP) is 3.40. The number of hydrogen-bond acceptors (Lipinski definition) is 5. The molecule has 2 rings (SSSR count). The number of ether oxygens (including phenoxy) is 1. The number of carbonyl (C=O) groups is 1. The fourth-order valence-electron chi connectivity index (χ4n) is 1.80. The van der Waals surface area contributed by atoms with E-state index in [0.717, 1.165) is 22.7 Å². The second kappa shape index (κ2) is 7.70. The second-order valence-electron chi connectivity index (χ2n) is 5.20. The highest BCUT2D eigenvalue weighted by Gasteiger charge is 2.07. The van der Waals surface area contributed by atoms with Crippen LogP contribution in [0.3, 0.4) is 0 Å². The molecule has 0 bridgehead atoms. The highest BCUT2D eigenvalue weighted by atomic mass is 32.1. The van der Waals surface area contributed by atoms with E-state index in [1.54, 1.807) is 13.2 Å². The molecule has 0 unspecified atom stereocenters. The lowest BCUT2D eigenvalue weighted by molar-refractivity contribution is -0.111. The van der Waals surface area contributed by atoms with Gasteiger partial charge in [-0.3, -0.25) is 10.1 Å². The van der Waals surface area contributed by atoms with Crippen LogP contribution >= 0.6 is 11.3 Å². The van der Waals surface area contributed by atoms with Crippen LogP contribution in [0.4, 0.5) is 5.13 Å². The molecule has 116 valence electrons. The van der Waals surface area contributed by atoms with E-state index in [-0.39, 0.29) is 5.91 Å². The van der Waals surface area contributed by atoms with E-state index < -0.39 is 0 Å². The van der Waals surface area contributed by atoms with Crippen molar-refractivity contribution in [2.45, 2.75) is 20.3 Å². The fraction of sp³-hybridized carbons (Fsp3) is 0.312. The molecule has 5 nitrogen and oxygen atoms in total. The Morgan fingerprint density at radius 1 is 1.41 bits per heavy atom. The lowest BCUT2D eigenvalue weighted by Crippen LogP contribution is -2.07. The van der Waals surface area contributed by atoms with Gasteiger partial charge < -0.3 is 4.74 Å². The normalized spacial score (nSPS) is 11.1. The molecule has 0 atom stereocenters. The molecule has 0 fully saturated rings. The number of aromatic nitrogens is 2. The van der Waals surface area contributed by atoms with Gasteiger partial charge in [0, 0.05) is 12.5 Å². The number of benzene rings is 1. The Hall–Kier alpha value is -2.21. The lowest BCUT2D eigenvalue weighted by atomic mass is 10.1. The summed E-state index contributed by atoms with van der Waals surface area (Å²) in [5.74, 6) is 1.05. The maximum atomic E-state index is 11.9. The van der Waals surface area contributed by atoms with Crippen LogP contribution in [-0.2, 0) is 11.2 Å². The molecule has 6 heteroatoms. The first-order chi connectivity index (χ1) is 10.6. The smallest absolute Gasteiger partial charge is 0.250 e. The first-order valence-electron chi connectivity index (χ1n) is 7.02. The second-order valence-corrected chi connectivity index (χ2v) is 6.26.